The molecule has 25 heavy (non-hydrogen) atoms. The molecule has 0 fully saturated rings. The van der Waals surface area contributed by atoms with E-state index in [0.717, 1.165) is 19.3 Å². The van der Waals surface area contributed by atoms with Gasteiger partial charge in [-0.15, -0.1) is 0 Å². The van der Waals surface area contributed by atoms with E-state index in [4.69, 9.17) is 0 Å². The molecule has 0 spiro atoms. The van der Waals surface area contributed by atoms with Crippen LogP contribution in [0.5, 0.6) is 0 Å². The van der Waals surface area contributed by atoms with Crippen molar-refractivity contribution in [2.75, 3.05) is 5.32 Å². The summed E-state index contributed by atoms with van der Waals surface area (Å²) in [6.45, 7) is 1.95. The van der Waals surface area contributed by atoms with Crippen molar-refractivity contribution in [3.05, 3.63) is 65.7 Å². The van der Waals surface area contributed by atoms with Crippen LogP contribution in [0, 0.1) is 0 Å². The second kappa shape index (κ2) is 10.0. The van der Waals surface area contributed by atoms with Gasteiger partial charge in [-0.1, -0.05) is 37.3 Å². The van der Waals surface area contributed by atoms with Crippen molar-refractivity contribution in [2.24, 2.45) is 5.10 Å². The van der Waals surface area contributed by atoms with Crippen molar-refractivity contribution in [3.8, 4) is 0 Å². The summed E-state index contributed by atoms with van der Waals surface area (Å²) in [5.74, 6) is -0.301. The van der Waals surface area contributed by atoms with Crippen molar-refractivity contribution < 1.29 is 9.59 Å². The molecule has 2 amide bonds. The van der Waals surface area contributed by atoms with E-state index in [2.05, 4.69) is 28.0 Å². The fourth-order valence-electron chi connectivity index (χ4n) is 2.26. The van der Waals surface area contributed by atoms with Gasteiger partial charge in [0.25, 0.3) is 5.91 Å². The number of amides is 2. The maximum atomic E-state index is 12.0. The highest BCUT2D eigenvalue weighted by molar-refractivity contribution is 5.95. The van der Waals surface area contributed by atoms with Gasteiger partial charge in [0.2, 0.25) is 5.91 Å². The molecule has 0 saturated heterocycles. The maximum Gasteiger partial charge on any atom is 0.271 e. The van der Waals surface area contributed by atoms with Crippen LogP contribution in [0.15, 0.2) is 59.7 Å². The molecule has 0 atom stereocenters. The van der Waals surface area contributed by atoms with Crippen LogP contribution < -0.4 is 10.7 Å². The molecule has 5 nitrogen and oxygen atoms in total. The van der Waals surface area contributed by atoms with Gasteiger partial charge >= 0.3 is 0 Å². The number of carbonyl (C=O) groups excluding carboxylic acids is 2. The molecule has 0 aromatic heterocycles. The molecule has 2 aromatic carbocycles. The molecule has 0 bridgehead atoms. The largest absolute Gasteiger partial charge is 0.326 e. The second-order valence-electron chi connectivity index (χ2n) is 5.65. The molecule has 5 heteroatoms. The van der Waals surface area contributed by atoms with Crippen LogP contribution >= 0.6 is 0 Å². The third-order valence-corrected chi connectivity index (χ3v) is 3.57. The van der Waals surface area contributed by atoms with Gasteiger partial charge in [0.15, 0.2) is 0 Å². The summed E-state index contributed by atoms with van der Waals surface area (Å²) in [7, 11) is 0. The number of hydrazone groups is 1. The van der Waals surface area contributed by atoms with E-state index >= 15 is 0 Å². The fraction of sp³-hybridized carbons (Fsp3) is 0.250. The van der Waals surface area contributed by atoms with Gasteiger partial charge in [-0.05, 0) is 49.1 Å². The zero-order valence-corrected chi connectivity index (χ0v) is 14.4. The van der Waals surface area contributed by atoms with Crippen LogP contribution in [-0.4, -0.2) is 18.0 Å². The van der Waals surface area contributed by atoms with Crippen LogP contribution in [0.1, 0.15) is 42.1 Å². The SMILES string of the molecule is CCCC(=O)Nc1ccc(C(=O)NN=CCCc2ccccc2)cc1. The van der Waals surface area contributed by atoms with E-state index in [-0.39, 0.29) is 11.8 Å². The first-order valence-corrected chi connectivity index (χ1v) is 8.44. The van der Waals surface area contributed by atoms with Gasteiger partial charge in [0.1, 0.15) is 0 Å². The van der Waals surface area contributed by atoms with Crippen LogP contribution in [0.25, 0.3) is 0 Å². The van der Waals surface area contributed by atoms with Gasteiger partial charge in [0, 0.05) is 23.9 Å². The lowest BCUT2D eigenvalue weighted by molar-refractivity contribution is -0.116. The summed E-state index contributed by atoms with van der Waals surface area (Å²) >= 11 is 0. The Kier molecular flexibility index (Phi) is 7.38. The average Bonchev–Trinajstić information content (AvgIpc) is 2.63. The Labute approximate surface area is 148 Å². The standard InChI is InChI=1S/C20H23N3O2/c1-2-7-19(24)22-18-13-11-17(12-14-18)20(25)23-21-15-6-10-16-8-4-3-5-9-16/h3-5,8-9,11-15H,2,6-7,10H2,1H3,(H,22,24)(H,23,25). The van der Waals surface area contributed by atoms with Gasteiger partial charge in [-0.3, -0.25) is 9.59 Å². The smallest absolute Gasteiger partial charge is 0.271 e. The quantitative estimate of drug-likeness (QED) is 0.568. The maximum absolute atomic E-state index is 12.0. The molecule has 2 N–H and O–H groups in total. The molecule has 2 aromatic rings. The lowest BCUT2D eigenvalue weighted by atomic mass is 10.1. The summed E-state index contributed by atoms with van der Waals surface area (Å²) in [5, 5.41) is 6.75. The van der Waals surface area contributed by atoms with E-state index in [1.54, 1.807) is 30.5 Å². The summed E-state index contributed by atoms with van der Waals surface area (Å²) < 4.78 is 0. The normalized spacial score (nSPS) is 10.6. The molecule has 0 saturated carbocycles. The zero-order valence-electron chi connectivity index (χ0n) is 14.4. The van der Waals surface area contributed by atoms with Crippen molar-refractivity contribution >= 4 is 23.7 Å². The molecule has 2 rings (SSSR count). The predicted molar refractivity (Wildman–Crippen MR) is 101 cm³/mol. The van der Waals surface area contributed by atoms with E-state index in [1.165, 1.54) is 5.56 Å². The minimum atomic E-state index is -0.276. The first-order chi connectivity index (χ1) is 12.2. The highest BCUT2D eigenvalue weighted by Crippen LogP contribution is 2.10. The molecule has 0 aliphatic heterocycles. The van der Waals surface area contributed by atoms with Crippen molar-refractivity contribution in [1.29, 1.82) is 0 Å². The number of hydrogen-bond donors (Lipinski definition) is 2. The van der Waals surface area contributed by atoms with E-state index in [1.807, 2.05) is 25.1 Å². The first-order valence-electron chi connectivity index (χ1n) is 8.44. The molecule has 0 aliphatic carbocycles. The molecule has 0 unspecified atom stereocenters. The monoisotopic (exact) mass is 337 g/mol. The van der Waals surface area contributed by atoms with Crippen LogP contribution in [-0.2, 0) is 11.2 Å². The Morgan fingerprint density at radius 3 is 2.44 bits per heavy atom. The third kappa shape index (κ3) is 6.59. The van der Waals surface area contributed by atoms with Gasteiger partial charge in [-0.25, -0.2) is 5.43 Å². The summed E-state index contributed by atoms with van der Waals surface area (Å²) in [5.41, 5.74) is 4.92. The van der Waals surface area contributed by atoms with Crippen molar-refractivity contribution in [3.63, 3.8) is 0 Å². The van der Waals surface area contributed by atoms with E-state index < -0.39 is 0 Å². The van der Waals surface area contributed by atoms with E-state index in [0.29, 0.717) is 17.7 Å². The highest BCUT2D eigenvalue weighted by atomic mass is 16.2. The second-order valence-corrected chi connectivity index (χ2v) is 5.65. The van der Waals surface area contributed by atoms with Gasteiger partial charge < -0.3 is 5.32 Å². The average molecular weight is 337 g/mol. The molecular weight excluding hydrogens is 314 g/mol. The molecule has 0 radical (unpaired) electrons. The van der Waals surface area contributed by atoms with Crippen molar-refractivity contribution in [2.45, 2.75) is 32.6 Å². The predicted octanol–water partition coefficient (Wildman–Crippen LogP) is 3.77. The first kappa shape index (κ1) is 18.4. The minimum absolute atomic E-state index is 0.0253. The number of rotatable bonds is 8. The van der Waals surface area contributed by atoms with E-state index in [9.17, 15) is 9.59 Å². The Hall–Kier alpha value is -2.95. The Bertz CT molecular complexity index is 709. The number of hydrogen-bond acceptors (Lipinski definition) is 3. The minimum Gasteiger partial charge on any atom is -0.326 e. The van der Waals surface area contributed by atoms with Gasteiger partial charge in [-0.2, -0.15) is 5.10 Å². The third-order valence-electron chi connectivity index (χ3n) is 3.57. The fourth-order valence-corrected chi connectivity index (χ4v) is 2.26. The summed E-state index contributed by atoms with van der Waals surface area (Å²) in [6.07, 6.45) is 4.62. The highest BCUT2D eigenvalue weighted by Gasteiger charge is 2.05. The Morgan fingerprint density at radius 1 is 1.04 bits per heavy atom. The Balaban J connectivity index is 1.76. The molecule has 130 valence electrons. The summed E-state index contributed by atoms with van der Waals surface area (Å²) in [4.78, 5) is 23.5. The number of anilines is 1. The summed E-state index contributed by atoms with van der Waals surface area (Å²) in [6, 6.07) is 16.9. The number of benzene rings is 2. The number of nitrogens with one attached hydrogen (secondary N) is 2. The topological polar surface area (TPSA) is 70.6 Å². The number of aryl methyl sites for hydroxylation is 1. The van der Waals surface area contributed by atoms with Gasteiger partial charge in [0.05, 0.1) is 0 Å². The lowest BCUT2D eigenvalue weighted by Gasteiger charge is -2.05. The van der Waals surface area contributed by atoms with Crippen molar-refractivity contribution in [1.82, 2.24) is 5.43 Å². The molecular formula is C20H23N3O2. The number of nitrogens with zero attached hydrogens (tertiary/aromatic N) is 1. The molecule has 0 aliphatic rings. The van der Waals surface area contributed by atoms with Crippen LogP contribution in [0.4, 0.5) is 5.69 Å². The van der Waals surface area contributed by atoms with Crippen LogP contribution in [0.3, 0.4) is 0 Å². The lowest BCUT2D eigenvalue weighted by Crippen LogP contribution is -2.17. The van der Waals surface area contributed by atoms with Crippen LogP contribution in [0.2, 0.25) is 0 Å². The Morgan fingerprint density at radius 2 is 1.76 bits per heavy atom. The zero-order chi connectivity index (χ0) is 17.9. The number of carbonyl (C=O) groups is 2. The molecule has 0 heterocycles.